The molecule has 0 aromatic heterocycles. The lowest BCUT2D eigenvalue weighted by Crippen LogP contribution is -2.09. The molecule has 0 heterocycles. The van der Waals surface area contributed by atoms with Crippen LogP contribution in [0, 0.1) is 0 Å². The van der Waals surface area contributed by atoms with Crippen molar-refractivity contribution in [3.8, 4) is 11.5 Å². The third-order valence-electron chi connectivity index (χ3n) is 1.35. The third kappa shape index (κ3) is 2.68. The summed E-state index contributed by atoms with van der Waals surface area (Å²) in [5, 5.41) is 17.7. The lowest BCUT2D eigenvalue weighted by molar-refractivity contribution is -0.139. The molecule has 0 amide bonds. The highest BCUT2D eigenvalue weighted by Gasteiger charge is 2.08. The van der Waals surface area contributed by atoms with E-state index < -0.39 is 12.6 Å². The number of phenols is 1. The van der Waals surface area contributed by atoms with Crippen molar-refractivity contribution < 1.29 is 19.7 Å². The van der Waals surface area contributed by atoms with Gasteiger partial charge in [0.2, 0.25) is 0 Å². The molecule has 14 heavy (non-hydrogen) atoms. The van der Waals surface area contributed by atoms with Crippen LogP contribution in [-0.2, 0) is 4.79 Å². The van der Waals surface area contributed by atoms with Crippen LogP contribution >= 0.6 is 23.2 Å². The van der Waals surface area contributed by atoms with Gasteiger partial charge in [-0.2, -0.15) is 0 Å². The Labute approximate surface area is 89.6 Å². The third-order valence-corrected chi connectivity index (χ3v) is 1.95. The van der Waals surface area contributed by atoms with Crippen LogP contribution in [0.4, 0.5) is 0 Å². The van der Waals surface area contributed by atoms with E-state index in [4.69, 9.17) is 33.0 Å². The summed E-state index contributed by atoms with van der Waals surface area (Å²) < 4.78 is 4.78. The van der Waals surface area contributed by atoms with Gasteiger partial charge < -0.3 is 14.9 Å². The standard InChI is InChI=1S/C8H6Cl2O4/c9-4-1-5(10)7(2-6(4)11)14-3-8(12)13/h1-2,11H,3H2,(H,12,13). The fourth-order valence-electron chi connectivity index (χ4n) is 0.768. The maximum Gasteiger partial charge on any atom is 0.341 e. The number of aliphatic carboxylic acids is 1. The number of ether oxygens (including phenoxy) is 1. The minimum Gasteiger partial charge on any atom is -0.506 e. The summed E-state index contributed by atoms with van der Waals surface area (Å²) >= 11 is 11.2. The fourth-order valence-corrected chi connectivity index (χ4v) is 1.21. The molecule has 4 nitrogen and oxygen atoms in total. The molecule has 1 aromatic rings. The van der Waals surface area contributed by atoms with Gasteiger partial charge >= 0.3 is 5.97 Å². The molecule has 76 valence electrons. The van der Waals surface area contributed by atoms with Crippen molar-refractivity contribution in [1.29, 1.82) is 0 Å². The summed E-state index contributed by atoms with van der Waals surface area (Å²) in [5.74, 6) is -1.26. The number of hydrogen-bond acceptors (Lipinski definition) is 3. The fraction of sp³-hybridized carbons (Fsp3) is 0.125. The van der Waals surface area contributed by atoms with E-state index in [9.17, 15) is 9.90 Å². The summed E-state index contributed by atoms with van der Waals surface area (Å²) in [7, 11) is 0. The van der Waals surface area contributed by atoms with Crippen LogP contribution < -0.4 is 4.74 Å². The van der Waals surface area contributed by atoms with Gasteiger partial charge in [-0.15, -0.1) is 0 Å². The van der Waals surface area contributed by atoms with Crippen LogP contribution in [0.2, 0.25) is 10.0 Å². The number of halogens is 2. The SMILES string of the molecule is O=C(O)COc1cc(O)c(Cl)cc1Cl. The van der Waals surface area contributed by atoms with E-state index in [2.05, 4.69) is 0 Å². The van der Waals surface area contributed by atoms with Crippen LogP contribution in [0.3, 0.4) is 0 Å². The second kappa shape index (κ2) is 4.39. The Morgan fingerprint density at radius 3 is 2.57 bits per heavy atom. The van der Waals surface area contributed by atoms with Crippen molar-refractivity contribution in [3.05, 3.63) is 22.2 Å². The Kier molecular flexibility index (Phi) is 3.43. The zero-order chi connectivity index (χ0) is 10.7. The second-order valence-corrected chi connectivity index (χ2v) is 3.23. The Bertz CT molecular complexity index is 365. The van der Waals surface area contributed by atoms with Crippen LogP contribution in [-0.4, -0.2) is 22.8 Å². The average molecular weight is 237 g/mol. The number of carboxylic acid groups (broad SMARTS) is 1. The van der Waals surface area contributed by atoms with Gasteiger partial charge in [-0.3, -0.25) is 0 Å². The zero-order valence-corrected chi connectivity index (χ0v) is 8.34. The van der Waals surface area contributed by atoms with Crippen molar-refractivity contribution in [2.75, 3.05) is 6.61 Å². The van der Waals surface area contributed by atoms with Crippen molar-refractivity contribution in [3.63, 3.8) is 0 Å². The van der Waals surface area contributed by atoms with Gasteiger partial charge in [-0.1, -0.05) is 23.2 Å². The largest absolute Gasteiger partial charge is 0.506 e. The molecule has 0 aliphatic carbocycles. The average Bonchev–Trinajstić information content (AvgIpc) is 2.09. The van der Waals surface area contributed by atoms with Crippen LogP contribution in [0.25, 0.3) is 0 Å². The van der Waals surface area contributed by atoms with Crippen molar-refractivity contribution >= 4 is 29.2 Å². The number of carboxylic acids is 1. The molecule has 0 bridgehead atoms. The number of carbonyl (C=O) groups is 1. The lowest BCUT2D eigenvalue weighted by atomic mass is 10.3. The Balaban J connectivity index is 2.87. The first-order valence-corrected chi connectivity index (χ1v) is 4.29. The highest BCUT2D eigenvalue weighted by Crippen LogP contribution is 2.34. The van der Waals surface area contributed by atoms with Crippen molar-refractivity contribution in [2.45, 2.75) is 0 Å². The summed E-state index contributed by atoms with van der Waals surface area (Å²) in [5.41, 5.74) is 0. The zero-order valence-electron chi connectivity index (χ0n) is 6.83. The molecule has 0 fully saturated rings. The summed E-state index contributed by atoms with van der Waals surface area (Å²) in [6.07, 6.45) is 0. The maximum atomic E-state index is 10.2. The highest BCUT2D eigenvalue weighted by atomic mass is 35.5. The molecule has 0 radical (unpaired) electrons. The lowest BCUT2D eigenvalue weighted by Gasteiger charge is -2.06. The summed E-state index contributed by atoms with van der Waals surface area (Å²) in [6, 6.07) is 2.43. The van der Waals surface area contributed by atoms with E-state index in [0.29, 0.717) is 0 Å². The van der Waals surface area contributed by atoms with Gasteiger partial charge in [0, 0.05) is 6.07 Å². The molecule has 2 N–H and O–H groups in total. The van der Waals surface area contributed by atoms with Gasteiger partial charge in [0.25, 0.3) is 0 Å². The van der Waals surface area contributed by atoms with Crippen LogP contribution in [0.1, 0.15) is 0 Å². The Morgan fingerprint density at radius 2 is 2.00 bits per heavy atom. The Morgan fingerprint density at radius 1 is 1.36 bits per heavy atom. The maximum absolute atomic E-state index is 10.2. The first-order valence-electron chi connectivity index (χ1n) is 3.53. The minimum absolute atomic E-state index is 0.0796. The molecule has 1 rings (SSSR count). The van der Waals surface area contributed by atoms with E-state index in [1.165, 1.54) is 6.07 Å². The normalized spacial score (nSPS) is 9.86. The van der Waals surface area contributed by atoms with E-state index in [-0.39, 0.29) is 21.5 Å². The van der Waals surface area contributed by atoms with E-state index in [1.807, 2.05) is 0 Å². The smallest absolute Gasteiger partial charge is 0.341 e. The first kappa shape index (κ1) is 10.9. The first-order chi connectivity index (χ1) is 6.50. The summed E-state index contributed by atoms with van der Waals surface area (Å²) in [6.45, 7) is -0.527. The molecule has 0 aliphatic rings. The van der Waals surface area contributed by atoms with E-state index in [0.717, 1.165) is 6.07 Å². The molecular weight excluding hydrogens is 231 g/mol. The number of rotatable bonds is 3. The molecule has 0 unspecified atom stereocenters. The van der Waals surface area contributed by atoms with E-state index in [1.54, 1.807) is 0 Å². The molecule has 0 atom stereocenters. The molecule has 0 aliphatic heterocycles. The van der Waals surface area contributed by atoms with Gasteiger partial charge in [-0.25, -0.2) is 4.79 Å². The highest BCUT2D eigenvalue weighted by molar-refractivity contribution is 6.36. The minimum atomic E-state index is -1.13. The molecule has 0 saturated carbocycles. The van der Waals surface area contributed by atoms with Crippen LogP contribution in [0.5, 0.6) is 11.5 Å². The van der Waals surface area contributed by atoms with Gasteiger partial charge in [-0.05, 0) is 6.07 Å². The van der Waals surface area contributed by atoms with Gasteiger partial charge in [0.15, 0.2) is 6.61 Å². The molecule has 6 heteroatoms. The van der Waals surface area contributed by atoms with Crippen LogP contribution in [0.15, 0.2) is 12.1 Å². The second-order valence-electron chi connectivity index (χ2n) is 2.42. The monoisotopic (exact) mass is 236 g/mol. The number of benzene rings is 1. The van der Waals surface area contributed by atoms with Crippen molar-refractivity contribution in [2.24, 2.45) is 0 Å². The van der Waals surface area contributed by atoms with E-state index >= 15 is 0 Å². The number of phenolic OH excluding ortho intramolecular Hbond substituents is 1. The Hall–Kier alpha value is -1.13. The molecule has 0 spiro atoms. The molecular formula is C8H6Cl2O4. The predicted molar refractivity (Wildman–Crippen MR) is 51.3 cm³/mol. The quantitative estimate of drug-likeness (QED) is 0.845. The number of hydrogen-bond donors (Lipinski definition) is 2. The molecule has 1 aromatic carbocycles. The topological polar surface area (TPSA) is 66.8 Å². The predicted octanol–water partition coefficient (Wildman–Crippen LogP) is 2.16. The summed E-state index contributed by atoms with van der Waals surface area (Å²) in [4.78, 5) is 10.2. The van der Waals surface area contributed by atoms with Gasteiger partial charge in [0.1, 0.15) is 11.5 Å². The molecule has 0 saturated heterocycles. The van der Waals surface area contributed by atoms with Gasteiger partial charge in [0.05, 0.1) is 10.0 Å². The van der Waals surface area contributed by atoms with Crippen molar-refractivity contribution in [1.82, 2.24) is 0 Å². The number of aromatic hydroxyl groups is 1.